The van der Waals surface area contributed by atoms with Crippen LogP contribution >= 0.6 is 0 Å². The fourth-order valence-corrected chi connectivity index (χ4v) is 18.5. The third-order valence-corrected chi connectivity index (χ3v) is 27.6. The predicted molar refractivity (Wildman–Crippen MR) is 561 cm³/mol. The zero-order valence-corrected chi connectivity index (χ0v) is 93.8. The van der Waals surface area contributed by atoms with Crippen LogP contribution in [0.15, 0.2) is 0 Å². The molecule has 0 aliphatic carbocycles. The van der Waals surface area contributed by atoms with Crippen LogP contribution in [0.1, 0.15) is 553 Å². The quantitative estimate of drug-likeness (QED) is 0.0346. The molecule has 0 heterocycles. The number of rotatable bonds is 84. The van der Waals surface area contributed by atoms with E-state index in [0.717, 1.165) is 0 Å². The van der Waals surface area contributed by atoms with E-state index in [2.05, 4.69) is 194 Å². The van der Waals surface area contributed by atoms with Crippen LogP contribution in [0.2, 0.25) is 0 Å². The molecule has 0 N–H and O–H groups in total. The molecule has 0 fully saturated rings. The van der Waals surface area contributed by atoms with Crippen LogP contribution in [-0.2, 0) is 0 Å². The number of unbranched alkanes of at least 4 members (excludes halogenated alkanes) is 28. The summed E-state index contributed by atoms with van der Waals surface area (Å²) in [6, 6.07) is 0. The Balaban J connectivity index is -0.000000120. The summed E-state index contributed by atoms with van der Waals surface area (Å²) in [5.74, 6) is 0. The average Bonchev–Trinajstić information content (AvgIpc) is 0.924. The van der Waals surface area contributed by atoms with Gasteiger partial charge in [0.2, 0.25) is 0 Å². The van der Waals surface area contributed by atoms with E-state index in [1.807, 2.05) is 0 Å². The first kappa shape index (κ1) is 152. The second kappa shape index (κ2) is 118. The van der Waals surface area contributed by atoms with Crippen molar-refractivity contribution >= 4 is 7.32 Å². The molecule has 0 aliphatic heterocycles. The van der Waals surface area contributed by atoms with Crippen molar-refractivity contribution < 1.29 is 65.3 Å². The van der Waals surface area contributed by atoms with Gasteiger partial charge in [-0.25, -0.2) is 0 Å². The molecule has 0 radical (unpaired) electrons. The Hall–Kier alpha value is -0.615. The van der Waals surface area contributed by atoms with Gasteiger partial charge in [0, 0.05) is 0 Å². The number of nitrogens with zero attached hydrogens (tertiary/aromatic N) is 7. The minimum Gasteiger partial charge on any atom is -1.00 e. The molecule has 0 unspecified atom stereocenters. The summed E-state index contributed by atoms with van der Waals surface area (Å²) >= 11 is 0. The van der Waals surface area contributed by atoms with Gasteiger partial charge in [-0.15, -0.1) is 0 Å². The number of hydrogen-bond donors (Lipinski definition) is 0. The van der Waals surface area contributed by atoms with E-state index in [0.29, 0.717) is 0 Å². The Morgan fingerprint density at radius 3 is 0.157 bits per heavy atom. The van der Waals surface area contributed by atoms with Gasteiger partial charge in [0.05, 0.1) is 183 Å². The molecule has 0 saturated carbocycles. The highest BCUT2D eigenvalue weighted by Crippen LogP contribution is 2.24. The molecule has 127 heavy (non-hydrogen) atoms. The van der Waals surface area contributed by atoms with Crippen LogP contribution in [0.5, 0.6) is 0 Å². The van der Waals surface area contributed by atoms with Gasteiger partial charge in [-0.3, -0.25) is 7.32 Å². The molecule has 0 amide bonds. The topological polar surface area (TPSA) is 69.2 Å². The molecular formula is C112H252BF4N7O3. The summed E-state index contributed by atoms with van der Waals surface area (Å²) in [6.07, 6.45) is 77.4. The fraction of sp³-hybridized carbons (Fsp3) is 1.00. The van der Waals surface area contributed by atoms with E-state index in [-0.39, 0.29) is 18.8 Å². The van der Waals surface area contributed by atoms with E-state index in [1.165, 1.54) is 574 Å². The maximum atomic E-state index is 8.42. The summed E-state index contributed by atoms with van der Waals surface area (Å²) in [7, 11) is -2.92. The molecule has 0 bridgehead atoms. The molecule has 0 saturated heterocycles. The summed E-state index contributed by atoms with van der Waals surface area (Å²) in [5.41, 5.74) is 0. The summed E-state index contributed by atoms with van der Waals surface area (Å²) in [5, 5.41) is 25.2. The number of hydrogen-bond acceptors (Lipinski definition) is 3. The molecule has 0 aromatic carbocycles. The lowest BCUT2D eigenvalue weighted by molar-refractivity contribution is -0.929. The average molecular weight is 1830 g/mol. The van der Waals surface area contributed by atoms with Gasteiger partial charge in [0.1, 0.15) is 0 Å². The third kappa shape index (κ3) is 98.3. The van der Waals surface area contributed by atoms with Crippen LogP contribution in [0.25, 0.3) is 0 Å². The Labute approximate surface area is 804 Å². The summed E-state index contributed by atoms with van der Waals surface area (Å²) < 4.78 is 9.94. The smallest absolute Gasteiger partial charge is 0.0786 e. The lowest BCUT2D eigenvalue weighted by atomic mass is 10.1. The van der Waals surface area contributed by atoms with Crippen molar-refractivity contribution in [2.24, 2.45) is 0 Å². The van der Waals surface area contributed by atoms with Crippen LogP contribution in [0, 0.1) is 0 Å². The van der Waals surface area contributed by atoms with E-state index in [1.54, 1.807) is 0 Å². The van der Waals surface area contributed by atoms with Gasteiger partial charge < -0.3 is 65.3 Å². The molecule has 0 rings (SSSR count). The molecule has 0 aromatic rings. The minimum absolute atomic E-state index is 0. The minimum atomic E-state index is -2.92. The lowest BCUT2D eigenvalue weighted by Gasteiger charge is -2.39. The number of halogens is 4. The predicted octanol–water partition coefficient (Wildman–Crippen LogP) is 19.1. The van der Waals surface area contributed by atoms with Crippen molar-refractivity contribution in [3.8, 4) is 0 Å². The molecule has 0 aliphatic rings. The Morgan fingerprint density at radius 1 is 0.102 bits per heavy atom. The normalized spacial score (nSPS) is 11.5. The van der Waals surface area contributed by atoms with Crippen LogP contribution in [-0.4, -0.2) is 222 Å². The van der Waals surface area contributed by atoms with Crippen molar-refractivity contribution in [1.82, 2.24) is 0 Å². The van der Waals surface area contributed by atoms with Gasteiger partial charge in [0.15, 0.2) is 0 Å². The highest BCUT2D eigenvalue weighted by molar-refractivity contribution is 6.24. The van der Waals surface area contributed by atoms with Gasteiger partial charge in [-0.05, 0) is 180 Å². The Morgan fingerprint density at radius 2 is 0.134 bits per heavy atom. The zero-order valence-electron chi connectivity index (χ0n) is 93.8. The first-order valence-corrected chi connectivity index (χ1v) is 57.4. The van der Waals surface area contributed by atoms with Gasteiger partial charge in [0.25, 0.3) is 0 Å². The number of quaternary nitrogens is 7. The SMILES string of the molecule is CCCC[N+](CCCC)(CCCC)CCCC.CCCC[N+](CCCC)(CCCC)CCCC.CCCC[N+](CCCC)(CCCC)CCCC.CCCC[N+](CCCC)(CCCC)CCCC.CCCC[N+](CCCC)(CCCC)CCCC.CCCC[N+](CCCC)(CCCC)CCCC.CCCC[N+](CCCC)(CCCC)CCCC.[F-].[F-].[F-].[F-].[O-]B([O-])[O-]. The fourth-order valence-electron chi connectivity index (χ4n) is 18.5. The summed E-state index contributed by atoms with van der Waals surface area (Å²) in [4.78, 5) is 0. The first-order chi connectivity index (χ1) is 59.4. The Kier molecular flexibility index (Phi) is 141. The van der Waals surface area contributed by atoms with Crippen molar-refractivity contribution in [3.05, 3.63) is 0 Å². The Bertz CT molecular complexity index is 1270. The van der Waals surface area contributed by atoms with Crippen LogP contribution in [0.3, 0.4) is 0 Å². The second-order valence-corrected chi connectivity index (χ2v) is 39.8. The monoisotopic (exact) mass is 1830 g/mol. The van der Waals surface area contributed by atoms with Gasteiger partial charge in [-0.1, -0.05) is 374 Å². The van der Waals surface area contributed by atoms with Crippen molar-refractivity contribution in [3.63, 3.8) is 0 Å². The van der Waals surface area contributed by atoms with Crippen molar-refractivity contribution in [2.75, 3.05) is 183 Å². The van der Waals surface area contributed by atoms with Crippen molar-refractivity contribution in [2.45, 2.75) is 553 Å². The van der Waals surface area contributed by atoms with E-state index in [4.69, 9.17) is 15.1 Å². The van der Waals surface area contributed by atoms with Crippen LogP contribution in [0.4, 0.5) is 0 Å². The maximum absolute atomic E-state index is 8.42. The lowest BCUT2D eigenvalue weighted by Crippen LogP contribution is -3.00. The first-order valence-electron chi connectivity index (χ1n) is 57.4. The molecule has 0 aromatic heterocycles. The zero-order chi connectivity index (χ0) is 94.5. The van der Waals surface area contributed by atoms with Gasteiger partial charge in [-0.2, -0.15) is 0 Å². The highest BCUT2D eigenvalue weighted by atomic mass is 19.0. The molecule has 15 heteroatoms. The molecule has 0 spiro atoms. The molecular weight excluding hydrogens is 1580 g/mol. The van der Waals surface area contributed by atoms with Crippen LogP contribution < -0.4 is 33.9 Å². The van der Waals surface area contributed by atoms with E-state index < -0.39 is 7.32 Å². The molecule has 10 nitrogen and oxygen atoms in total. The van der Waals surface area contributed by atoms with E-state index >= 15 is 0 Å². The van der Waals surface area contributed by atoms with Crippen molar-refractivity contribution in [1.29, 1.82) is 0 Å². The second-order valence-electron chi connectivity index (χ2n) is 39.8. The third-order valence-electron chi connectivity index (χ3n) is 27.6. The highest BCUT2D eigenvalue weighted by Gasteiger charge is 2.31. The largest absolute Gasteiger partial charge is 1.00 e. The maximum Gasteiger partial charge on any atom is 0.0786 e. The summed E-state index contributed by atoms with van der Waals surface area (Å²) in [6.45, 7) is 105. The molecule has 0 atom stereocenters. The van der Waals surface area contributed by atoms with E-state index in [9.17, 15) is 0 Å². The van der Waals surface area contributed by atoms with Gasteiger partial charge >= 0.3 is 0 Å². The standard InChI is InChI=1S/7C16H36N.BO3.4FH/c7*1-5-9-13-17(14-10-6-2,15-11-7-3)16-12-8-4;2-1(3)4;;;;/h7*5-16H2,1-4H3;;4*1H/q7*+1;-3;;;;/p-4. The molecule has 784 valence electrons.